The Morgan fingerprint density at radius 2 is 1.78 bits per heavy atom. The zero-order valence-electron chi connectivity index (χ0n) is 16.9. The molecule has 1 aliphatic heterocycles. The molecule has 1 saturated heterocycles. The van der Waals surface area contributed by atoms with Crippen molar-refractivity contribution in [2.24, 2.45) is 0 Å². The fourth-order valence-electron chi connectivity index (χ4n) is 3.61. The maximum Gasteiger partial charge on any atom is 0.277 e. The van der Waals surface area contributed by atoms with Gasteiger partial charge < -0.3 is 9.32 Å². The first kappa shape index (κ1) is 19.9. The standard InChI is InChI=1S/C21H29N3O2S/c1-14-7-6-8-15(2)24(14)18(25)13-27-20-23-22-19(26-20)16-9-11-17(12-10-16)21(3,4)5/h9-12,14-15H,6-8,13H2,1-5H3. The number of hydrogen-bond donors (Lipinski definition) is 0. The van der Waals surface area contributed by atoms with Gasteiger partial charge in [0.2, 0.25) is 11.8 Å². The molecule has 0 saturated carbocycles. The molecule has 5 nitrogen and oxygen atoms in total. The van der Waals surface area contributed by atoms with Gasteiger partial charge in [-0.05, 0) is 56.2 Å². The van der Waals surface area contributed by atoms with Crippen molar-refractivity contribution in [2.75, 3.05) is 5.75 Å². The van der Waals surface area contributed by atoms with Crippen molar-refractivity contribution in [3.63, 3.8) is 0 Å². The Balaban J connectivity index is 1.62. The molecule has 2 unspecified atom stereocenters. The molecule has 146 valence electrons. The van der Waals surface area contributed by atoms with Crippen molar-refractivity contribution < 1.29 is 9.21 Å². The van der Waals surface area contributed by atoms with Gasteiger partial charge in [0.1, 0.15) is 0 Å². The Labute approximate surface area is 165 Å². The number of thioether (sulfide) groups is 1. The Morgan fingerprint density at radius 3 is 2.37 bits per heavy atom. The highest BCUT2D eigenvalue weighted by Crippen LogP contribution is 2.28. The predicted molar refractivity (Wildman–Crippen MR) is 109 cm³/mol. The highest BCUT2D eigenvalue weighted by molar-refractivity contribution is 7.99. The maximum atomic E-state index is 12.6. The van der Waals surface area contributed by atoms with Crippen molar-refractivity contribution in [3.8, 4) is 11.5 Å². The summed E-state index contributed by atoms with van der Waals surface area (Å²) in [5, 5.41) is 8.67. The van der Waals surface area contributed by atoms with E-state index in [0.717, 1.165) is 18.4 Å². The molecule has 0 spiro atoms. The lowest BCUT2D eigenvalue weighted by Gasteiger charge is -2.39. The Kier molecular flexibility index (Phi) is 5.94. The van der Waals surface area contributed by atoms with Crippen molar-refractivity contribution in [2.45, 2.75) is 76.6 Å². The number of carbonyl (C=O) groups excluding carboxylic acids is 1. The molecule has 27 heavy (non-hydrogen) atoms. The normalized spacial score (nSPS) is 20.7. The van der Waals surface area contributed by atoms with Crippen LogP contribution in [0.4, 0.5) is 0 Å². The molecular weight excluding hydrogens is 358 g/mol. The summed E-state index contributed by atoms with van der Waals surface area (Å²) in [5.74, 6) is 0.971. The number of hydrogen-bond acceptors (Lipinski definition) is 5. The van der Waals surface area contributed by atoms with E-state index in [2.05, 4.69) is 56.9 Å². The number of amides is 1. The zero-order chi connectivity index (χ0) is 19.6. The van der Waals surface area contributed by atoms with E-state index < -0.39 is 0 Å². The first-order chi connectivity index (χ1) is 12.8. The molecule has 3 rings (SSSR count). The monoisotopic (exact) mass is 387 g/mol. The Morgan fingerprint density at radius 1 is 1.15 bits per heavy atom. The second-order valence-electron chi connectivity index (χ2n) is 8.42. The number of aromatic nitrogens is 2. The third-order valence-corrected chi connectivity index (χ3v) is 6.01. The summed E-state index contributed by atoms with van der Waals surface area (Å²) < 4.78 is 5.76. The second kappa shape index (κ2) is 8.05. The number of carbonyl (C=O) groups is 1. The minimum Gasteiger partial charge on any atom is -0.411 e. The van der Waals surface area contributed by atoms with Crippen LogP contribution in [0, 0.1) is 0 Å². The SMILES string of the molecule is CC1CCCC(C)N1C(=O)CSc1nnc(-c2ccc(C(C)(C)C)cc2)o1. The highest BCUT2D eigenvalue weighted by Gasteiger charge is 2.29. The molecule has 1 amide bonds. The van der Waals surface area contributed by atoms with Crippen molar-refractivity contribution >= 4 is 17.7 Å². The number of rotatable bonds is 4. The molecule has 1 aromatic heterocycles. The molecule has 2 aromatic rings. The summed E-state index contributed by atoms with van der Waals surface area (Å²) in [4.78, 5) is 14.6. The smallest absolute Gasteiger partial charge is 0.277 e. The molecule has 0 N–H and O–H groups in total. The van der Waals surface area contributed by atoms with E-state index in [1.165, 1.54) is 23.7 Å². The summed E-state index contributed by atoms with van der Waals surface area (Å²) in [7, 11) is 0. The van der Waals surface area contributed by atoms with Gasteiger partial charge in [-0.2, -0.15) is 0 Å². The molecule has 6 heteroatoms. The number of likely N-dealkylation sites (tertiary alicyclic amines) is 1. The summed E-state index contributed by atoms with van der Waals surface area (Å²) in [6.07, 6.45) is 3.35. The van der Waals surface area contributed by atoms with Gasteiger partial charge in [0.15, 0.2) is 0 Å². The quantitative estimate of drug-likeness (QED) is 0.697. The Hall–Kier alpha value is -1.82. The third-order valence-electron chi connectivity index (χ3n) is 5.20. The van der Waals surface area contributed by atoms with Crippen molar-refractivity contribution in [1.82, 2.24) is 15.1 Å². The molecule has 2 heterocycles. The second-order valence-corrected chi connectivity index (χ2v) is 9.35. The number of piperidine rings is 1. The van der Waals surface area contributed by atoms with Crippen LogP contribution < -0.4 is 0 Å². The number of benzene rings is 1. The van der Waals surface area contributed by atoms with Gasteiger partial charge in [0.25, 0.3) is 5.22 Å². The van der Waals surface area contributed by atoms with Gasteiger partial charge in [-0.15, -0.1) is 10.2 Å². The van der Waals surface area contributed by atoms with Crippen LogP contribution in [0.5, 0.6) is 0 Å². The molecule has 0 radical (unpaired) electrons. The number of nitrogens with zero attached hydrogens (tertiary/aromatic N) is 3. The molecular formula is C21H29N3O2S. The molecule has 1 aromatic carbocycles. The minimum atomic E-state index is 0.109. The minimum absolute atomic E-state index is 0.109. The van der Waals surface area contributed by atoms with Crippen LogP contribution in [0.1, 0.15) is 59.4 Å². The summed E-state index contributed by atoms with van der Waals surface area (Å²) in [5.41, 5.74) is 2.26. The van der Waals surface area contributed by atoms with Crippen LogP contribution in [0.2, 0.25) is 0 Å². The van der Waals surface area contributed by atoms with Gasteiger partial charge in [-0.3, -0.25) is 4.79 Å². The van der Waals surface area contributed by atoms with Crippen LogP contribution in [0.3, 0.4) is 0 Å². The third kappa shape index (κ3) is 4.72. The van der Waals surface area contributed by atoms with E-state index in [-0.39, 0.29) is 11.3 Å². The molecule has 1 fully saturated rings. The Bertz CT molecular complexity index is 769. The lowest BCUT2D eigenvalue weighted by atomic mass is 9.87. The van der Waals surface area contributed by atoms with Gasteiger partial charge in [0.05, 0.1) is 5.75 Å². The fourth-order valence-corrected chi connectivity index (χ4v) is 4.24. The lowest BCUT2D eigenvalue weighted by molar-refractivity contribution is -0.134. The lowest BCUT2D eigenvalue weighted by Crippen LogP contribution is -2.48. The van der Waals surface area contributed by atoms with Gasteiger partial charge in [-0.25, -0.2) is 0 Å². The zero-order valence-corrected chi connectivity index (χ0v) is 17.7. The first-order valence-electron chi connectivity index (χ1n) is 9.64. The van der Waals surface area contributed by atoms with Crippen LogP contribution in [-0.2, 0) is 10.2 Å². The molecule has 2 atom stereocenters. The summed E-state index contributed by atoms with van der Waals surface area (Å²) in [6.45, 7) is 10.8. The van der Waals surface area contributed by atoms with Crippen molar-refractivity contribution in [1.29, 1.82) is 0 Å². The van der Waals surface area contributed by atoms with E-state index in [0.29, 0.717) is 29.0 Å². The van der Waals surface area contributed by atoms with E-state index in [1.54, 1.807) is 0 Å². The first-order valence-corrected chi connectivity index (χ1v) is 10.6. The molecule has 0 aliphatic carbocycles. The van der Waals surface area contributed by atoms with Crippen LogP contribution in [0.15, 0.2) is 33.9 Å². The van der Waals surface area contributed by atoms with Crippen LogP contribution >= 0.6 is 11.8 Å². The van der Waals surface area contributed by atoms with E-state index >= 15 is 0 Å². The molecule has 0 bridgehead atoms. The summed E-state index contributed by atoms with van der Waals surface area (Å²) in [6, 6.07) is 8.81. The van der Waals surface area contributed by atoms with Gasteiger partial charge >= 0.3 is 0 Å². The maximum absolute atomic E-state index is 12.6. The van der Waals surface area contributed by atoms with Crippen LogP contribution in [0.25, 0.3) is 11.5 Å². The highest BCUT2D eigenvalue weighted by atomic mass is 32.2. The van der Waals surface area contributed by atoms with E-state index in [4.69, 9.17) is 4.42 Å². The summed E-state index contributed by atoms with van der Waals surface area (Å²) >= 11 is 1.32. The van der Waals surface area contributed by atoms with Gasteiger partial charge in [0, 0.05) is 17.6 Å². The average Bonchev–Trinajstić information content (AvgIpc) is 3.08. The van der Waals surface area contributed by atoms with Crippen LogP contribution in [-0.4, -0.2) is 38.8 Å². The van der Waals surface area contributed by atoms with Crippen molar-refractivity contribution in [3.05, 3.63) is 29.8 Å². The predicted octanol–water partition coefficient (Wildman–Crippen LogP) is 4.92. The fraction of sp³-hybridized carbons (Fsp3) is 0.571. The topological polar surface area (TPSA) is 59.2 Å². The average molecular weight is 388 g/mol. The molecule has 1 aliphatic rings. The largest absolute Gasteiger partial charge is 0.411 e. The van der Waals surface area contributed by atoms with E-state index in [1.807, 2.05) is 17.0 Å². The van der Waals surface area contributed by atoms with Gasteiger partial charge in [-0.1, -0.05) is 44.7 Å². The van der Waals surface area contributed by atoms with E-state index in [9.17, 15) is 4.79 Å².